The number of hydrogen-bond donors (Lipinski definition) is 0. The molecule has 0 amide bonds. The van der Waals surface area contributed by atoms with Crippen molar-refractivity contribution in [3.63, 3.8) is 0 Å². The molecule has 4 atom stereocenters. The Labute approximate surface area is 159 Å². The molecule has 4 heteroatoms. The summed E-state index contributed by atoms with van der Waals surface area (Å²) in [6.45, 7) is 2.72. The van der Waals surface area contributed by atoms with Gasteiger partial charge >= 0.3 is 5.97 Å². The zero-order valence-electron chi connectivity index (χ0n) is 15.4. The number of ether oxygens (including phenoxy) is 3. The van der Waals surface area contributed by atoms with Gasteiger partial charge in [0.05, 0.1) is 12.7 Å². The molecule has 0 saturated carbocycles. The Morgan fingerprint density at radius 1 is 1.15 bits per heavy atom. The van der Waals surface area contributed by atoms with Crippen LogP contribution in [0, 0.1) is 5.41 Å². The van der Waals surface area contributed by atoms with Gasteiger partial charge in [0.1, 0.15) is 0 Å². The summed E-state index contributed by atoms with van der Waals surface area (Å²) < 4.78 is 17.5. The van der Waals surface area contributed by atoms with Gasteiger partial charge in [0, 0.05) is 11.5 Å². The Kier molecular flexibility index (Phi) is 5.10. The molecular formula is C23H24O4. The summed E-state index contributed by atoms with van der Waals surface area (Å²) in [5.41, 5.74) is 1.95. The Hall–Kier alpha value is -2.43. The standard InChI is InChI=1S/C23H24O4/c1-23(14-18-10-6-3-7-11-18)15-19-16-25-22(26-19)21(23)27-20(24)13-12-17-8-4-2-5-9-17/h2-13,19,21-22H,14-16H2,1H3/b13-12+/t19-,21?,22+,23?/m0/s1. The Morgan fingerprint density at radius 2 is 1.85 bits per heavy atom. The van der Waals surface area contributed by atoms with E-state index in [1.807, 2.05) is 48.5 Å². The summed E-state index contributed by atoms with van der Waals surface area (Å²) >= 11 is 0. The van der Waals surface area contributed by atoms with Crippen LogP contribution in [0.3, 0.4) is 0 Å². The number of rotatable bonds is 5. The molecule has 0 aromatic heterocycles. The number of fused-ring (bicyclic) bond motifs is 2. The lowest BCUT2D eigenvalue weighted by molar-refractivity contribution is -0.217. The van der Waals surface area contributed by atoms with Crippen LogP contribution in [0.1, 0.15) is 24.5 Å². The highest BCUT2D eigenvalue weighted by atomic mass is 16.7. The first-order valence-electron chi connectivity index (χ1n) is 9.37. The van der Waals surface area contributed by atoms with Crippen molar-refractivity contribution < 1.29 is 19.0 Å². The van der Waals surface area contributed by atoms with Crippen molar-refractivity contribution in [1.29, 1.82) is 0 Å². The third-order valence-corrected chi connectivity index (χ3v) is 5.31. The van der Waals surface area contributed by atoms with Crippen molar-refractivity contribution in [1.82, 2.24) is 0 Å². The van der Waals surface area contributed by atoms with Gasteiger partial charge in [-0.1, -0.05) is 67.6 Å². The van der Waals surface area contributed by atoms with Crippen LogP contribution in [0.5, 0.6) is 0 Å². The van der Waals surface area contributed by atoms with Gasteiger partial charge in [-0.2, -0.15) is 0 Å². The van der Waals surface area contributed by atoms with E-state index in [9.17, 15) is 4.79 Å². The van der Waals surface area contributed by atoms with E-state index < -0.39 is 12.4 Å². The first-order valence-corrected chi connectivity index (χ1v) is 9.37. The highest BCUT2D eigenvalue weighted by molar-refractivity contribution is 5.87. The fourth-order valence-electron chi connectivity index (χ4n) is 4.03. The molecule has 2 aromatic carbocycles. The predicted molar refractivity (Wildman–Crippen MR) is 103 cm³/mol. The topological polar surface area (TPSA) is 44.8 Å². The van der Waals surface area contributed by atoms with Gasteiger partial charge in [0.25, 0.3) is 0 Å². The summed E-state index contributed by atoms with van der Waals surface area (Å²) in [6.07, 6.45) is 3.99. The quantitative estimate of drug-likeness (QED) is 0.594. The van der Waals surface area contributed by atoms with Gasteiger partial charge in [0.15, 0.2) is 12.4 Å². The highest BCUT2D eigenvalue weighted by Gasteiger charge is 2.53. The fraction of sp³-hybridized carbons (Fsp3) is 0.348. The second-order valence-corrected chi connectivity index (χ2v) is 7.58. The van der Waals surface area contributed by atoms with Crippen molar-refractivity contribution in [3.05, 3.63) is 77.9 Å². The van der Waals surface area contributed by atoms with E-state index in [4.69, 9.17) is 14.2 Å². The maximum Gasteiger partial charge on any atom is 0.331 e. The van der Waals surface area contributed by atoms with Crippen LogP contribution in [-0.2, 0) is 25.4 Å². The summed E-state index contributed by atoms with van der Waals surface area (Å²) in [4.78, 5) is 12.5. The van der Waals surface area contributed by atoms with Gasteiger partial charge in [-0.15, -0.1) is 0 Å². The summed E-state index contributed by atoms with van der Waals surface area (Å²) in [5, 5.41) is 0. The smallest absolute Gasteiger partial charge is 0.331 e. The van der Waals surface area contributed by atoms with Crippen LogP contribution >= 0.6 is 0 Å². The zero-order valence-corrected chi connectivity index (χ0v) is 15.4. The van der Waals surface area contributed by atoms with Crippen molar-refractivity contribution >= 4 is 12.0 Å². The van der Waals surface area contributed by atoms with Crippen LogP contribution in [0.4, 0.5) is 0 Å². The molecule has 2 bridgehead atoms. The molecule has 0 radical (unpaired) electrons. The van der Waals surface area contributed by atoms with E-state index in [1.165, 1.54) is 11.6 Å². The molecule has 2 fully saturated rings. The molecule has 2 heterocycles. The Bertz CT molecular complexity index is 802. The van der Waals surface area contributed by atoms with Gasteiger partial charge < -0.3 is 14.2 Å². The lowest BCUT2D eigenvalue weighted by Gasteiger charge is -2.43. The third-order valence-electron chi connectivity index (χ3n) is 5.31. The van der Waals surface area contributed by atoms with Gasteiger partial charge in [0.2, 0.25) is 0 Å². The van der Waals surface area contributed by atoms with Crippen LogP contribution in [0.25, 0.3) is 6.08 Å². The Morgan fingerprint density at radius 3 is 2.59 bits per heavy atom. The summed E-state index contributed by atoms with van der Waals surface area (Å²) in [5.74, 6) is -0.374. The highest BCUT2D eigenvalue weighted by Crippen LogP contribution is 2.44. The lowest BCUT2D eigenvalue weighted by atomic mass is 9.73. The molecule has 0 aliphatic carbocycles. The molecule has 2 aliphatic heterocycles. The monoisotopic (exact) mass is 364 g/mol. The molecular weight excluding hydrogens is 340 g/mol. The van der Waals surface area contributed by atoms with E-state index in [-0.39, 0.29) is 17.5 Å². The molecule has 2 unspecified atom stereocenters. The second-order valence-electron chi connectivity index (χ2n) is 7.58. The molecule has 0 N–H and O–H groups in total. The minimum Gasteiger partial charge on any atom is -0.453 e. The first-order chi connectivity index (χ1) is 13.1. The van der Waals surface area contributed by atoms with Gasteiger partial charge in [-0.25, -0.2) is 4.79 Å². The number of carbonyl (C=O) groups excluding carboxylic acids is 1. The lowest BCUT2D eigenvalue weighted by Crippen LogP contribution is -2.51. The van der Waals surface area contributed by atoms with Gasteiger partial charge in [-0.05, 0) is 30.0 Å². The minimum atomic E-state index is -0.494. The van der Waals surface area contributed by atoms with Crippen LogP contribution in [0.2, 0.25) is 0 Å². The molecule has 2 saturated heterocycles. The Balaban J connectivity index is 1.50. The van der Waals surface area contributed by atoms with E-state index >= 15 is 0 Å². The second kappa shape index (κ2) is 7.67. The average Bonchev–Trinajstić information content (AvgIpc) is 3.08. The SMILES string of the molecule is CC1(Cc2ccccc2)C[C@H]2CO[C@H](O2)C1OC(=O)/C=C/c1ccccc1. The zero-order chi connectivity index (χ0) is 18.7. The maximum absolute atomic E-state index is 12.5. The van der Waals surface area contributed by atoms with Gasteiger partial charge in [-0.3, -0.25) is 0 Å². The molecule has 2 aliphatic rings. The van der Waals surface area contributed by atoms with Crippen LogP contribution in [-0.4, -0.2) is 31.1 Å². The van der Waals surface area contributed by atoms with Crippen LogP contribution < -0.4 is 0 Å². The molecule has 0 spiro atoms. The number of benzene rings is 2. The molecule has 2 aromatic rings. The minimum absolute atomic E-state index is 0.0681. The third kappa shape index (κ3) is 4.12. The maximum atomic E-state index is 12.5. The molecule has 27 heavy (non-hydrogen) atoms. The summed E-state index contributed by atoms with van der Waals surface area (Å²) in [6, 6.07) is 20.0. The fourth-order valence-corrected chi connectivity index (χ4v) is 4.03. The summed E-state index contributed by atoms with van der Waals surface area (Å²) in [7, 11) is 0. The average molecular weight is 364 g/mol. The van der Waals surface area contributed by atoms with Crippen molar-refractivity contribution in [3.8, 4) is 0 Å². The van der Waals surface area contributed by atoms with Crippen molar-refractivity contribution in [2.24, 2.45) is 5.41 Å². The number of carbonyl (C=O) groups is 1. The number of esters is 1. The van der Waals surface area contributed by atoms with Crippen LogP contribution in [0.15, 0.2) is 66.7 Å². The van der Waals surface area contributed by atoms with E-state index in [0.717, 1.165) is 18.4 Å². The first kappa shape index (κ1) is 18.0. The van der Waals surface area contributed by atoms with Crippen molar-refractivity contribution in [2.75, 3.05) is 6.61 Å². The number of hydrogen-bond acceptors (Lipinski definition) is 4. The normalized spacial score (nSPS) is 29.7. The largest absolute Gasteiger partial charge is 0.453 e. The molecule has 4 rings (SSSR count). The van der Waals surface area contributed by atoms with E-state index in [2.05, 4.69) is 19.1 Å². The van der Waals surface area contributed by atoms with E-state index in [0.29, 0.717) is 6.61 Å². The predicted octanol–water partition coefficient (Wildman–Crippen LogP) is 4.01. The van der Waals surface area contributed by atoms with Crippen molar-refractivity contribution in [2.45, 2.75) is 38.3 Å². The van der Waals surface area contributed by atoms with E-state index in [1.54, 1.807) is 6.08 Å². The molecule has 140 valence electrons. The molecule has 4 nitrogen and oxygen atoms in total.